The normalized spacial score (nSPS) is 16.7. The summed E-state index contributed by atoms with van der Waals surface area (Å²) in [5.74, 6) is 0.844. The number of aliphatic imine (C=N–C) groups is 1. The van der Waals surface area contributed by atoms with Gasteiger partial charge in [-0.1, -0.05) is 12.8 Å². The molecule has 0 spiro atoms. The van der Waals surface area contributed by atoms with Crippen molar-refractivity contribution in [1.82, 2.24) is 25.3 Å². The molecule has 0 aliphatic heterocycles. The molecule has 118 valence electrons. The van der Waals surface area contributed by atoms with Crippen molar-refractivity contribution < 1.29 is 0 Å². The third kappa shape index (κ3) is 4.74. The lowest BCUT2D eigenvalue weighted by molar-refractivity contribution is 0.249. The molecule has 21 heavy (non-hydrogen) atoms. The number of hydrogen-bond donors (Lipinski definition) is 2. The number of nitrogens with zero attached hydrogens (tertiary/aromatic N) is 4. The summed E-state index contributed by atoms with van der Waals surface area (Å²) in [6.45, 7) is 2.70. The molecule has 0 aromatic carbocycles. The Labute approximate surface area is 127 Å². The molecular formula is C15H28N6. The molecule has 1 aliphatic carbocycles. The predicted molar refractivity (Wildman–Crippen MR) is 86.3 cm³/mol. The third-order valence-corrected chi connectivity index (χ3v) is 4.29. The monoisotopic (exact) mass is 292 g/mol. The lowest BCUT2D eigenvalue weighted by atomic mass is 10.2. The Balaban J connectivity index is 1.67. The third-order valence-electron chi connectivity index (χ3n) is 4.29. The molecule has 0 bridgehead atoms. The first kappa shape index (κ1) is 15.8. The van der Waals surface area contributed by atoms with Gasteiger partial charge in [0.15, 0.2) is 5.96 Å². The number of aryl methyl sites for hydroxylation is 1. The van der Waals surface area contributed by atoms with E-state index in [-0.39, 0.29) is 0 Å². The highest BCUT2D eigenvalue weighted by atomic mass is 15.3. The van der Waals surface area contributed by atoms with Gasteiger partial charge < -0.3 is 15.5 Å². The zero-order chi connectivity index (χ0) is 15.1. The maximum atomic E-state index is 4.26. The Morgan fingerprint density at radius 2 is 2.19 bits per heavy atom. The fourth-order valence-electron chi connectivity index (χ4n) is 2.85. The van der Waals surface area contributed by atoms with Gasteiger partial charge in [-0.2, -0.15) is 5.10 Å². The molecule has 1 aliphatic rings. The Hall–Kier alpha value is -1.56. The molecule has 1 heterocycles. The van der Waals surface area contributed by atoms with Gasteiger partial charge in [0.05, 0.1) is 12.2 Å². The molecule has 1 aromatic heterocycles. The van der Waals surface area contributed by atoms with Gasteiger partial charge in [0, 0.05) is 39.4 Å². The molecule has 0 radical (unpaired) electrons. The maximum Gasteiger partial charge on any atom is 0.191 e. The number of aromatic nitrogens is 2. The summed E-state index contributed by atoms with van der Waals surface area (Å²) >= 11 is 0. The van der Waals surface area contributed by atoms with Crippen LogP contribution >= 0.6 is 0 Å². The number of rotatable bonds is 6. The van der Waals surface area contributed by atoms with Crippen molar-refractivity contribution in [2.24, 2.45) is 12.0 Å². The van der Waals surface area contributed by atoms with Crippen LogP contribution in [0.3, 0.4) is 0 Å². The predicted octanol–water partition coefficient (Wildman–Crippen LogP) is 0.959. The second kappa shape index (κ2) is 8.02. The first-order chi connectivity index (χ1) is 10.2. The average molecular weight is 292 g/mol. The zero-order valence-electron chi connectivity index (χ0n) is 13.5. The van der Waals surface area contributed by atoms with Crippen LogP contribution in [0.4, 0.5) is 0 Å². The van der Waals surface area contributed by atoms with E-state index in [2.05, 4.69) is 32.7 Å². The molecular weight excluding hydrogens is 264 g/mol. The molecule has 1 fully saturated rings. The number of nitrogens with one attached hydrogen (secondary N) is 2. The molecule has 2 rings (SSSR count). The van der Waals surface area contributed by atoms with E-state index < -0.39 is 0 Å². The van der Waals surface area contributed by atoms with Gasteiger partial charge in [0.25, 0.3) is 0 Å². The van der Waals surface area contributed by atoms with Crippen LogP contribution in [0, 0.1) is 0 Å². The minimum Gasteiger partial charge on any atom is -0.355 e. The van der Waals surface area contributed by atoms with E-state index in [1.165, 1.54) is 25.7 Å². The first-order valence-corrected chi connectivity index (χ1v) is 7.82. The standard InChI is InChI=1S/C15H28N6/c1-16-15(18-12-14-8-9-19-21(14)3)17-10-11-20(2)13-6-4-5-7-13/h8-9,13H,4-7,10-12H2,1-3H3,(H2,16,17,18). The SMILES string of the molecule is CN=C(NCCN(C)C1CCCC1)NCc1ccnn1C. The van der Waals surface area contributed by atoms with Crippen molar-refractivity contribution in [3.63, 3.8) is 0 Å². The van der Waals surface area contributed by atoms with E-state index in [0.29, 0.717) is 0 Å². The van der Waals surface area contributed by atoms with E-state index in [1.54, 1.807) is 7.05 Å². The van der Waals surface area contributed by atoms with Gasteiger partial charge in [-0.15, -0.1) is 0 Å². The van der Waals surface area contributed by atoms with Crippen LogP contribution in [0.15, 0.2) is 17.3 Å². The van der Waals surface area contributed by atoms with Crippen LogP contribution in [-0.4, -0.2) is 53.9 Å². The number of hydrogen-bond acceptors (Lipinski definition) is 3. The quantitative estimate of drug-likeness (QED) is 0.606. The van der Waals surface area contributed by atoms with Crippen LogP contribution in [0.5, 0.6) is 0 Å². The van der Waals surface area contributed by atoms with Crippen LogP contribution in [-0.2, 0) is 13.6 Å². The smallest absolute Gasteiger partial charge is 0.191 e. The Morgan fingerprint density at radius 3 is 2.81 bits per heavy atom. The lowest BCUT2D eigenvalue weighted by Gasteiger charge is -2.24. The summed E-state index contributed by atoms with van der Waals surface area (Å²) in [4.78, 5) is 6.72. The Morgan fingerprint density at radius 1 is 1.43 bits per heavy atom. The molecule has 0 unspecified atom stereocenters. The highest BCUT2D eigenvalue weighted by molar-refractivity contribution is 5.79. The summed E-state index contributed by atoms with van der Waals surface area (Å²) < 4.78 is 1.87. The fourth-order valence-corrected chi connectivity index (χ4v) is 2.85. The molecule has 6 nitrogen and oxygen atoms in total. The minimum absolute atomic E-state index is 0.731. The largest absolute Gasteiger partial charge is 0.355 e. The fraction of sp³-hybridized carbons (Fsp3) is 0.733. The Kier molecular flexibility index (Phi) is 6.04. The summed E-state index contributed by atoms with van der Waals surface area (Å²) in [6, 6.07) is 2.78. The van der Waals surface area contributed by atoms with E-state index in [0.717, 1.165) is 37.3 Å². The second-order valence-corrected chi connectivity index (χ2v) is 5.72. The Bertz CT molecular complexity index is 447. The van der Waals surface area contributed by atoms with Crippen LogP contribution in [0.25, 0.3) is 0 Å². The van der Waals surface area contributed by atoms with Crippen molar-refractivity contribution >= 4 is 5.96 Å². The number of likely N-dealkylation sites (N-methyl/N-ethyl adjacent to an activating group) is 1. The second-order valence-electron chi connectivity index (χ2n) is 5.72. The van der Waals surface area contributed by atoms with E-state index in [9.17, 15) is 0 Å². The van der Waals surface area contributed by atoms with E-state index in [1.807, 2.05) is 24.0 Å². The lowest BCUT2D eigenvalue weighted by Crippen LogP contribution is -2.42. The van der Waals surface area contributed by atoms with Gasteiger partial charge >= 0.3 is 0 Å². The van der Waals surface area contributed by atoms with Gasteiger partial charge in [-0.05, 0) is 26.0 Å². The van der Waals surface area contributed by atoms with Crippen molar-refractivity contribution in [2.45, 2.75) is 38.3 Å². The topological polar surface area (TPSA) is 57.5 Å². The average Bonchev–Trinajstić information content (AvgIpc) is 3.14. The molecule has 0 saturated heterocycles. The van der Waals surface area contributed by atoms with Gasteiger partial charge in [0.2, 0.25) is 0 Å². The molecule has 0 atom stereocenters. The summed E-state index contributed by atoms with van der Waals surface area (Å²) in [5.41, 5.74) is 1.14. The minimum atomic E-state index is 0.731. The van der Waals surface area contributed by atoms with Crippen LogP contribution in [0.2, 0.25) is 0 Å². The molecule has 6 heteroatoms. The van der Waals surface area contributed by atoms with Crippen molar-refractivity contribution in [1.29, 1.82) is 0 Å². The van der Waals surface area contributed by atoms with Crippen molar-refractivity contribution in [3.8, 4) is 0 Å². The first-order valence-electron chi connectivity index (χ1n) is 7.82. The van der Waals surface area contributed by atoms with Crippen molar-refractivity contribution in [2.75, 3.05) is 27.2 Å². The van der Waals surface area contributed by atoms with Gasteiger partial charge in [0.1, 0.15) is 0 Å². The van der Waals surface area contributed by atoms with Gasteiger partial charge in [-0.3, -0.25) is 9.67 Å². The summed E-state index contributed by atoms with van der Waals surface area (Å²) in [5, 5.41) is 10.8. The maximum absolute atomic E-state index is 4.26. The highest BCUT2D eigenvalue weighted by Gasteiger charge is 2.18. The molecule has 1 aromatic rings. The van der Waals surface area contributed by atoms with Crippen molar-refractivity contribution in [3.05, 3.63) is 18.0 Å². The van der Waals surface area contributed by atoms with E-state index in [4.69, 9.17) is 0 Å². The van der Waals surface area contributed by atoms with Gasteiger partial charge in [-0.25, -0.2) is 0 Å². The van der Waals surface area contributed by atoms with Crippen LogP contribution < -0.4 is 10.6 Å². The van der Waals surface area contributed by atoms with Crippen LogP contribution in [0.1, 0.15) is 31.4 Å². The zero-order valence-corrected chi connectivity index (χ0v) is 13.5. The van der Waals surface area contributed by atoms with E-state index >= 15 is 0 Å². The molecule has 2 N–H and O–H groups in total. The number of guanidine groups is 1. The highest BCUT2D eigenvalue weighted by Crippen LogP contribution is 2.21. The molecule has 1 saturated carbocycles. The summed E-state index contributed by atoms with van der Waals surface area (Å²) in [7, 11) is 5.98. The summed E-state index contributed by atoms with van der Waals surface area (Å²) in [6.07, 6.45) is 7.28. The molecule has 0 amide bonds.